The third-order valence-corrected chi connectivity index (χ3v) is 2.72. The first kappa shape index (κ1) is 9.83. The number of aromatic nitrogens is 4. The Kier molecular flexibility index (Phi) is 2.26. The second-order valence-electron chi connectivity index (χ2n) is 3.76. The molecule has 0 saturated carbocycles. The summed E-state index contributed by atoms with van der Waals surface area (Å²) in [5.74, 6) is 0. The van der Waals surface area contributed by atoms with Crippen LogP contribution in [0.2, 0.25) is 0 Å². The molecule has 0 N–H and O–H groups in total. The highest BCUT2D eigenvalue weighted by Gasteiger charge is 2.10. The van der Waals surface area contributed by atoms with Gasteiger partial charge in [-0.05, 0) is 38.0 Å². The van der Waals surface area contributed by atoms with Crippen molar-refractivity contribution >= 4 is 0 Å². The van der Waals surface area contributed by atoms with E-state index in [-0.39, 0.29) is 0 Å². The largest absolute Gasteiger partial charge is 0.275 e. The topological polar surface area (TPSA) is 43.6 Å². The summed E-state index contributed by atoms with van der Waals surface area (Å²) in [6.45, 7) is 6.09. The molecule has 2 rings (SSSR count). The van der Waals surface area contributed by atoms with E-state index < -0.39 is 0 Å². The average Bonchev–Trinajstić information content (AvgIpc) is 2.61. The Morgan fingerprint density at radius 1 is 1.07 bits per heavy atom. The molecule has 2 aromatic rings. The molecule has 0 saturated heterocycles. The molecule has 0 bridgehead atoms. The molecule has 0 fully saturated rings. The average molecular weight is 202 g/mol. The van der Waals surface area contributed by atoms with E-state index in [9.17, 15) is 0 Å². The molecule has 78 valence electrons. The number of hydrogen-bond acceptors (Lipinski definition) is 3. The lowest BCUT2D eigenvalue weighted by atomic mass is 10.1. The molecule has 0 spiro atoms. The van der Waals surface area contributed by atoms with E-state index in [1.807, 2.05) is 26.2 Å². The van der Waals surface area contributed by atoms with Gasteiger partial charge in [0.05, 0.1) is 5.69 Å². The van der Waals surface area contributed by atoms with Gasteiger partial charge in [0.15, 0.2) is 0 Å². The van der Waals surface area contributed by atoms with Crippen LogP contribution in [0.5, 0.6) is 0 Å². The Bertz CT molecular complexity index is 499. The van der Waals surface area contributed by atoms with Crippen molar-refractivity contribution in [2.75, 3.05) is 0 Å². The molecule has 2 heterocycles. The smallest absolute Gasteiger partial charge is 0.116 e. The normalized spacial score (nSPS) is 10.7. The highest BCUT2D eigenvalue weighted by Crippen LogP contribution is 2.21. The Morgan fingerprint density at radius 3 is 2.40 bits per heavy atom. The van der Waals surface area contributed by atoms with Gasteiger partial charge in [0, 0.05) is 13.2 Å². The molecule has 0 aromatic carbocycles. The van der Waals surface area contributed by atoms with Gasteiger partial charge in [0.2, 0.25) is 0 Å². The monoisotopic (exact) mass is 202 g/mol. The summed E-state index contributed by atoms with van der Waals surface area (Å²) in [7, 11) is 1.90. The number of aryl methyl sites for hydroxylation is 2. The molecule has 0 amide bonds. The van der Waals surface area contributed by atoms with Crippen LogP contribution in [-0.4, -0.2) is 20.0 Å². The summed E-state index contributed by atoms with van der Waals surface area (Å²) in [4.78, 5) is 0. The van der Waals surface area contributed by atoms with Gasteiger partial charge in [-0.15, -0.1) is 5.10 Å². The standard InChI is InChI=1S/C11H14N4/c1-7-8(2)11(13-12-9(7)3)10-5-6-15(4)14-10/h5-6H,1-4H3. The molecular formula is C11H14N4. The van der Waals surface area contributed by atoms with Crippen molar-refractivity contribution in [1.29, 1.82) is 0 Å². The highest BCUT2D eigenvalue weighted by atomic mass is 15.3. The Labute approximate surface area is 89.0 Å². The molecule has 0 radical (unpaired) electrons. The van der Waals surface area contributed by atoms with Crippen molar-refractivity contribution < 1.29 is 0 Å². The molecule has 0 aliphatic carbocycles. The summed E-state index contributed by atoms with van der Waals surface area (Å²) < 4.78 is 1.77. The molecule has 0 unspecified atom stereocenters. The van der Waals surface area contributed by atoms with E-state index in [2.05, 4.69) is 29.1 Å². The zero-order valence-electron chi connectivity index (χ0n) is 9.44. The van der Waals surface area contributed by atoms with Gasteiger partial charge >= 0.3 is 0 Å². The molecule has 15 heavy (non-hydrogen) atoms. The van der Waals surface area contributed by atoms with Gasteiger partial charge in [0.25, 0.3) is 0 Å². The van der Waals surface area contributed by atoms with E-state index in [1.165, 1.54) is 5.56 Å². The zero-order chi connectivity index (χ0) is 11.0. The molecule has 4 heteroatoms. The van der Waals surface area contributed by atoms with Gasteiger partial charge < -0.3 is 0 Å². The third kappa shape index (κ3) is 1.63. The summed E-state index contributed by atoms with van der Waals surface area (Å²) in [6, 6.07) is 1.95. The van der Waals surface area contributed by atoms with Crippen LogP contribution < -0.4 is 0 Å². The van der Waals surface area contributed by atoms with E-state index in [0.29, 0.717) is 0 Å². The van der Waals surface area contributed by atoms with Crippen LogP contribution in [0.25, 0.3) is 11.4 Å². The molecule has 2 aromatic heterocycles. The third-order valence-electron chi connectivity index (χ3n) is 2.72. The van der Waals surface area contributed by atoms with Gasteiger partial charge in [-0.1, -0.05) is 0 Å². The van der Waals surface area contributed by atoms with Crippen LogP contribution >= 0.6 is 0 Å². The molecule has 0 aliphatic rings. The van der Waals surface area contributed by atoms with Crippen LogP contribution in [0.1, 0.15) is 16.8 Å². The fraction of sp³-hybridized carbons (Fsp3) is 0.364. The Balaban J connectivity index is 2.59. The Morgan fingerprint density at radius 2 is 1.80 bits per heavy atom. The van der Waals surface area contributed by atoms with Crippen molar-refractivity contribution in [2.45, 2.75) is 20.8 Å². The van der Waals surface area contributed by atoms with E-state index >= 15 is 0 Å². The first-order valence-electron chi connectivity index (χ1n) is 4.90. The van der Waals surface area contributed by atoms with E-state index in [0.717, 1.165) is 22.6 Å². The van der Waals surface area contributed by atoms with Crippen LogP contribution in [0.4, 0.5) is 0 Å². The van der Waals surface area contributed by atoms with Gasteiger partial charge in [-0.3, -0.25) is 4.68 Å². The minimum absolute atomic E-state index is 0.874. The molecular weight excluding hydrogens is 188 g/mol. The van der Waals surface area contributed by atoms with Gasteiger partial charge in [-0.2, -0.15) is 10.2 Å². The fourth-order valence-corrected chi connectivity index (χ4v) is 1.51. The fourth-order valence-electron chi connectivity index (χ4n) is 1.51. The van der Waals surface area contributed by atoms with Crippen molar-refractivity contribution in [1.82, 2.24) is 20.0 Å². The molecule has 0 aliphatic heterocycles. The SMILES string of the molecule is Cc1nnc(-c2ccn(C)n2)c(C)c1C. The second kappa shape index (κ2) is 3.46. The maximum Gasteiger partial charge on any atom is 0.116 e. The number of hydrogen-bond donors (Lipinski definition) is 0. The number of rotatable bonds is 1. The summed E-state index contributed by atoms with van der Waals surface area (Å²) in [5.41, 5.74) is 5.07. The minimum Gasteiger partial charge on any atom is -0.275 e. The molecule has 0 atom stereocenters. The first-order valence-corrected chi connectivity index (χ1v) is 4.90. The molecule has 4 nitrogen and oxygen atoms in total. The second-order valence-corrected chi connectivity index (χ2v) is 3.76. The lowest BCUT2D eigenvalue weighted by Crippen LogP contribution is -1.99. The summed E-state index contributed by atoms with van der Waals surface area (Å²) in [6.07, 6.45) is 1.91. The first-order chi connectivity index (χ1) is 7.09. The summed E-state index contributed by atoms with van der Waals surface area (Å²) >= 11 is 0. The number of nitrogens with zero attached hydrogens (tertiary/aromatic N) is 4. The summed E-state index contributed by atoms with van der Waals surface area (Å²) in [5, 5.41) is 12.6. The maximum absolute atomic E-state index is 4.33. The van der Waals surface area contributed by atoms with Crippen LogP contribution in [0, 0.1) is 20.8 Å². The highest BCUT2D eigenvalue weighted by molar-refractivity contribution is 5.59. The van der Waals surface area contributed by atoms with Gasteiger partial charge in [-0.25, -0.2) is 0 Å². The minimum atomic E-state index is 0.874. The lowest BCUT2D eigenvalue weighted by Gasteiger charge is -2.06. The zero-order valence-corrected chi connectivity index (χ0v) is 9.44. The van der Waals surface area contributed by atoms with E-state index in [4.69, 9.17) is 0 Å². The van der Waals surface area contributed by atoms with Crippen LogP contribution in [0.15, 0.2) is 12.3 Å². The van der Waals surface area contributed by atoms with Crippen molar-refractivity contribution in [2.24, 2.45) is 7.05 Å². The maximum atomic E-state index is 4.33. The van der Waals surface area contributed by atoms with Crippen LogP contribution in [-0.2, 0) is 7.05 Å². The Hall–Kier alpha value is -1.71. The van der Waals surface area contributed by atoms with E-state index in [1.54, 1.807) is 4.68 Å². The van der Waals surface area contributed by atoms with Crippen LogP contribution in [0.3, 0.4) is 0 Å². The predicted molar refractivity (Wildman–Crippen MR) is 58.4 cm³/mol. The van der Waals surface area contributed by atoms with Crippen molar-refractivity contribution in [3.05, 3.63) is 29.1 Å². The van der Waals surface area contributed by atoms with Crippen molar-refractivity contribution in [3.8, 4) is 11.4 Å². The quantitative estimate of drug-likeness (QED) is 0.708. The van der Waals surface area contributed by atoms with Crippen molar-refractivity contribution in [3.63, 3.8) is 0 Å². The predicted octanol–water partition coefficient (Wildman–Crippen LogP) is 1.80. The van der Waals surface area contributed by atoms with Gasteiger partial charge in [0.1, 0.15) is 11.4 Å². The lowest BCUT2D eigenvalue weighted by molar-refractivity contribution is 0.768.